The first kappa shape index (κ1) is 19.6. The van der Waals surface area contributed by atoms with Gasteiger partial charge < -0.3 is 14.7 Å². The van der Waals surface area contributed by atoms with E-state index in [1.807, 2.05) is 24.4 Å². The summed E-state index contributed by atoms with van der Waals surface area (Å²) in [5.74, 6) is -1.48. The number of rotatable bonds is 3. The molecule has 1 aromatic carbocycles. The Kier molecular flexibility index (Phi) is 5.14. The van der Waals surface area contributed by atoms with Crippen LogP contribution in [0.15, 0.2) is 41.8 Å². The standard InChI is InChI=1S/C21H22N2O5S/c1-14-4-2-5-15(12-14)18(24)23-16(20(26)27)13-28-21(23)7-9-22(10-8-21)19(25)17-6-3-11-29-17/h2-6,11-12,16H,7-10,13H2,1H3,(H,26,27). The van der Waals surface area contributed by atoms with Crippen molar-refractivity contribution in [2.75, 3.05) is 19.7 Å². The predicted molar refractivity (Wildman–Crippen MR) is 107 cm³/mol. The molecule has 2 saturated heterocycles. The summed E-state index contributed by atoms with van der Waals surface area (Å²) in [7, 11) is 0. The second-order valence-electron chi connectivity index (χ2n) is 7.43. The molecule has 29 heavy (non-hydrogen) atoms. The van der Waals surface area contributed by atoms with E-state index in [0.29, 0.717) is 36.4 Å². The number of likely N-dealkylation sites (tertiary alicyclic amines) is 1. The van der Waals surface area contributed by atoms with Crippen molar-refractivity contribution in [3.8, 4) is 0 Å². The van der Waals surface area contributed by atoms with Gasteiger partial charge in [-0.1, -0.05) is 23.8 Å². The van der Waals surface area contributed by atoms with Gasteiger partial charge in [-0.05, 0) is 30.5 Å². The minimum absolute atomic E-state index is 0.0424. The fraction of sp³-hybridized carbons (Fsp3) is 0.381. The molecule has 0 saturated carbocycles. The van der Waals surface area contributed by atoms with Gasteiger partial charge in [0.05, 0.1) is 11.5 Å². The number of nitrogens with zero attached hydrogens (tertiary/aromatic N) is 2. The van der Waals surface area contributed by atoms with Gasteiger partial charge in [0.15, 0.2) is 6.04 Å². The average molecular weight is 414 g/mol. The normalized spacial score (nSPS) is 20.8. The molecule has 1 atom stereocenters. The van der Waals surface area contributed by atoms with E-state index in [-0.39, 0.29) is 18.4 Å². The van der Waals surface area contributed by atoms with E-state index in [9.17, 15) is 19.5 Å². The molecule has 0 radical (unpaired) electrons. The Morgan fingerprint density at radius 2 is 1.90 bits per heavy atom. The van der Waals surface area contributed by atoms with E-state index in [0.717, 1.165) is 5.56 Å². The van der Waals surface area contributed by atoms with Crippen LogP contribution in [-0.2, 0) is 9.53 Å². The lowest BCUT2D eigenvalue weighted by atomic mass is 9.96. The van der Waals surface area contributed by atoms with Crippen LogP contribution in [0, 0.1) is 6.92 Å². The fourth-order valence-corrected chi connectivity index (χ4v) is 4.78. The Bertz CT molecular complexity index is 934. The Balaban J connectivity index is 1.58. The third-order valence-electron chi connectivity index (χ3n) is 5.59. The molecule has 2 aromatic rings. The van der Waals surface area contributed by atoms with Gasteiger partial charge in [-0.3, -0.25) is 14.5 Å². The topological polar surface area (TPSA) is 87.2 Å². The number of thiophene rings is 1. The number of carbonyl (C=O) groups is 3. The molecule has 1 spiro atoms. The molecular weight excluding hydrogens is 392 g/mol. The third kappa shape index (κ3) is 3.54. The monoisotopic (exact) mass is 414 g/mol. The third-order valence-corrected chi connectivity index (χ3v) is 6.45. The lowest BCUT2D eigenvalue weighted by Crippen LogP contribution is -2.58. The largest absolute Gasteiger partial charge is 0.480 e. The van der Waals surface area contributed by atoms with Gasteiger partial charge in [-0.2, -0.15) is 0 Å². The quantitative estimate of drug-likeness (QED) is 0.834. The average Bonchev–Trinajstić information content (AvgIpc) is 3.36. The van der Waals surface area contributed by atoms with Crippen LogP contribution >= 0.6 is 11.3 Å². The molecule has 1 aromatic heterocycles. The van der Waals surface area contributed by atoms with E-state index in [1.54, 1.807) is 29.2 Å². The van der Waals surface area contributed by atoms with Crippen molar-refractivity contribution >= 4 is 29.1 Å². The van der Waals surface area contributed by atoms with Gasteiger partial charge in [0.1, 0.15) is 5.72 Å². The zero-order valence-electron chi connectivity index (χ0n) is 16.0. The van der Waals surface area contributed by atoms with E-state index < -0.39 is 17.7 Å². The molecule has 0 aliphatic carbocycles. The van der Waals surface area contributed by atoms with Crippen LogP contribution < -0.4 is 0 Å². The summed E-state index contributed by atoms with van der Waals surface area (Å²) < 4.78 is 5.95. The molecule has 1 N–H and O–H groups in total. The first-order valence-corrected chi connectivity index (χ1v) is 10.4. The summed E-state index contributed by atoms with van der Waals surface area (Å²) in [6.07, 6.45) is 0.761. The maximum absolute atomic E-state index is 13.3. The summed E-state index contributed by atoms with van der Waals surface area (Å²) in [5.41, 5.74) is 0.363. The first-order chi connectivity index (χ1) is 13.9. The van der Waals surface area contributed by atoms with E-state index in [2.05, 4.69) is 0 Å². The lowest BCUT2D eigenvalue weighted by Gasteiger charge is -2.44. The van der Waals surface area contributed by atoms with Gasteiger partial charge in [0, 0.05) is 31.5 Å². The van der Waals surface area contributed by atoms with Crippen LogP contribution in [0.4, 0.5) is 0 Å². The second kappa shape index (κ2) is 7.61. The molecule has 152 valence electrons. The number of hydrogen-bond donors (Lipinski definition) is 1. The molecular formula is C21H22N2O5S. The van der Waals surface area contributed by atoms with Crippen LogP contribution in [0.5, 0.6) is 0 Å². The van der Waals surface area contributed by atoms with Crippen LogP contribution in [0.3, 0.4) is 0 Å². The van der Waals surface area contributed by atoms with Gasteiger partial charge in [-0.25, -0.2) is 4.79 Å². The number of benzene rings is 1. The van der Waals surface area contributed by atoms with E-state index >= 15 is 0 Å². The lowest BCUT2D eigenvalue weighted by molar-refractivity contribution is -0.143. The number of hydrogen-bond acceptors (Lipinski definition) is 5. The summed E-state index contributed by atoms with van der Waals surface area (Å²) in [4.78, 5) is 41.6. The van der Waals surface area contributed by atoms with Crippen LogP contribution in [0.25, 0.3) is 0 Å². The number of piperidine rings is 1. The summed E-state index contributed by atoms with van der Waals surface area (Å²) in [6, 6.07) is 9.70. The van der Waals surface area contributed by atoms with Crippen molar-refractivity contribution in [3.63, 3.8) is 0 Å². The van der Waals surface area contributed by atoms with E-state index in [4.69, 9.17) is 4.74 Å². The van der Waals surface area contributed by atoms with Crippen molar-refractivity contribution in [1.29, 1.82) is 0 Å². The smallest absolute Gasteiger partial charge is 0.328 e. The molecule has 8 heteroatoms. The number of aryl methyl sites for hydroxylation is 1. The second-order valence-corrected chi connectivity index (χ2v) is 8.37. The minimum Gasteiger partial charge on any atom is -0.480 e. The fourth-order valence-electron chi connectivity index (χ4n) is 4.09. The number of ether oxygens (including phenoxy) is 1. The van der Waals surface area contributed by atoms with Crippen molar-refractivity contribution in [3.05, 3.63) is 57.8 Å². The van der Waals surface area contributed by atoms with E-state index in [1.165, 1.54) is 16.2 Å². The van der Waals surface area contributed by atoms with Gasteiger partial charge >= 0.3 is 5.97 Å². The van der Waals surface area contributed by atoms with Crippen LogP contribution in [0.2, 0.25) is 0 Å². The Morgan fingerprint density at radius 1 is 1.14 bits per heavy atom. The van der Waals surface area contributed by atoms with Crippen LogP contribution in [0.1, 0.15) is 38.4 Å². The molecule has 4 rings (SSSR count). The molecule has 2 aliphatic heterocycles. The summed E-state index contributed by atoms with van der Waals surface area (Å²) in [5, 5.41) is 11.5. The van der Waals surface area contributed by atoms with Crippen LogP contribution in [-0.4, -0.2) is 64.2 Å². The molecule has 0 bridgehead atoms. The van der Waals surface area contributed by atoms with Gasteiger partial charge in [0.25, 0.3) is 11.8 Å². The molecule has 3 heterocycles. The predicted octanol–water partition coefficient (Wildman–Crippen LogP) is 2.61. The van der Waals surface area contributed by atoms with Crippen molar-refractivity contribution < 1.29 is 24.2 Å². The molecule has 7 nitrogen and oxygen atoms in total. The van der Waals surface area contributed by atoms with Crippen molar-refractivity contribution in [1.82, 2.24) is 9.80 Å². The SMILES string of the molecule is Cc1cccc(C(=O)N2C(C(=O)O)COC23CCN(C(=O)c2cccs2)CC3)c1. The number of carbonyl (C=O) groups excluding carboxylic acids is 2. The van der Waals surface area contributed by atoms with Crippen molar-refractivity contribution in [2.45, 2.75) is 31.5 Å². The highest BCUT2D eigenvalue weighted by Crippen LogP contribution is 2.39. The highest BCUT2D eigenvalue weighted by Gasteiger charge is 2.54. The highest BCUT2D eigenvalue weighted by molar-refractivity contribution is 7.12. The minimum atomic E-state index is -1.08. The Hall–Kier alpha value is -2.71. The molecule has 2 aliphatic rings. The number of carboxylic acid groups (broad SMARTS) is 1. The molecule has 2 amide bonds. The highest BCUT2D eigenvalue weighted by atomic mass is 32.1. The number of carboxylic acids is 1. The van der Waals surface area contributed by atoms with Gasteiger partial charge in [-0.15, -0.1) is 11.3 Å². The Morgan fingerprint density at radius 3 is 2.52 bits per heavy atom. The zero-order chi connectivity index (χ0) is 20.6. The maximum Gasteiger partial charge on any atom is 0.328 e. The Labute approximate surface area is 172 Å². The maximum atomic E-state index is 13.3. The molecule has 2 fully saturated rings. The first-order valence-electron chi connectivity index (χ1n) is 9.51. The van der Waals surface area contributed by atoms with Crippen molar-refractivity contribution in [2.24, 2.45) is 0 Å². The zero-order valence-corrected chi connectivity index (χ0v) is 16.9. The summed E-state index contributed by atoms with van der Waals surface area (Å²) >= 11 is 1.39. The van der Waals surface area contributed by atoms with Gasteiger partial charge in [0.2, 0.25) is 0 Å². The number of amides is 2. The summed E-state index contributed by atoms with van der Waals surface area (Å²) in [6.45, 7) is 2.64. The number of aliphatic carboxylic acids is 1. The molecule has 1 unspecified atom stereocenters.